The Bertz CT molecular complexity index is 318. The molecule has 0 saturated carbocycles. The average molecular weight is 168 g/mol. The second kappa shape index (κ2) is 4.24. The van der Waals surface area contributed by atoms with E-state index in [1.54, 1.807) is 31.3 Å². The van der Waals surface area contributed by atoms with Gasteiger partial charge in [0.25, 0.3) is 0 Å². The van der Waals surface area contributed by atoms with E-state index in [-0.39, 0.29) is 0 Å². The van der Waals surface area contributed by atoms with E-state index < -0.39 is 12.1 Å². The molecule has 0 amide bonds. The summed E-state index contributed by atoms with van der Waals surface area (Å²) in [6.45, 7) is 1.50. The number of benzene rings is 1. The Morgan fingerprint density at radius 2 is 2.17 bits per heavy atom. The zero-order valence-electron chi connectivity index (χ0n) is 10.3. The van der Waals surface area contributed by atoms with Crippen molar-refractivity contribution >= 4 is 0 Å². The van der Waals surface area contributed by atoms with Crippen LogP contribution in [0.25, 0.3) is 0 Å². The molecule has 1 aromatic carbocycles. The van der Waals surface area contributed by atoms with Crippen LogP contribution in [0.2, 0.25) is 0 Å². The quantitative estimate of drug-likeness (QED) is 0.711. The fourth-order valence-electron chi connectivity index (χ4n) is 0.920. The first-order valence-corrected chi connectivity index (χ1v) is 3.86. The summed E-state index contributed by atoms with van der Waals surface area (Å²) in [5, 5.41) is 7.11. The van der Waals surface area contributed by atoms with Gasteiger partial charge in [0.15, 0.2) is 0 Å². The van der Waals surface area contributed by atoms with Crippen molar-refractivity contribution in [3.05, 3.63) is 35.9 Å². The molecule has 0 saturated heterocycles. The predicted molar refractivity (Wildman–Crippen MR) is 49.9 cm³/mol. The number of likely N-dealkylation sites (N-methyl/N-ethyl adjacent to an activating group) is 1. The summed E-state index contributed by atoms with van der Waals surface area (Å²) < 4.78 is 23.0. The van der Waals surface area contributed by atoms with Gasteiger partial charge in [-0.15, -0.1) is 0 Å². The number of hydrogen-bond donors (Lipinski definition) is 2. The first-order valence-electron chi connectivity index (χ1n) is 5.27. The molecule has 0 aliphatic carbocycles. The van der Waals surface area contributed by atoms with Crippen molar-refractivity contribution in [1.29, 1.82) is 1.43 Å². The second-order valence-electron chi connectivity index (χ2n) is 2.57. The lowest BCUT2D eigenvalue weighted by molar-refractivity contribution is 0.140. The molecule has 2 atom stereocenters. The smallest absolute Gasteiger partial charge is 0.211 e. The molecule has 1 rings (SSSR count). The van der Waals surface area contributed by atoms with E-state index >= 15 is 0 Å². The van der Waals surface area contributed by atoms with E-state index in [4.69, 9.17) is 4.17 Å². The molecule has 0 heterocycles. The Balaban J connectivity index is 3.17. The Morgan fingerprint density at radius 1 is 1.50 bits per heavy atom. The van der Waals surface area contributed by atoms with Crippen molar-refractivity contribution in [2.45, 2.75) is 19.0 Å². The van der Waals surface area contributed by atoms with Crippen LogP contribution in [-0.2, 0) is 0 Å². The van der Waals surface area contributed by atoms with Crippen molar-refractivity contribution in [2.75, 3.05) is 7.05 Å². The van der Waals surface area contributed by atoms with Gasteiger partial charge >= 0.3 is 0 Å². The summed E-state index contributed by atoms with van der Waals surface area (Å²) in [5.41, 5.74) is 0.479. The Morgan fingerprint density at radius 3 is 2.67 bits per heavy atom. The number of hydrogen-bond acceptors (Lipinski definition) is 2. The first-order chi connectivity index (χ1) is 6.98. The van der Waals surface area contributed by atoms with Crippen LogP contribution in [0, 0.1) is 0 Å². The molecule has 0 radical (unpaired) electrons. The molecule has 12 heavy (non-hydrogen) atoms. The van der Waals surface area contributed by atoms with Crippen LogP contribution in [0.3, 0.4) is 0 Å². The van der Waals surface area contributed by atoms with E-state index in [9.17, 15) is 0 Å². The van der Waals surface area contributed by atoms with Crippen LogP contribution in [0.5, 0.6) is 0 Å². The first kappa shape index (κ1) is 5.73. The highest BCUT2D eigenvalue weighted by Gasteiger charge is 2.12. The van der Waals surface area contributed by atoms with E-state index in [0.717, 1.165) is 0 Å². The third kappa shape index (κ3) is 2.06. The molecule has 0 spiro atoms. The van der Waals surface area contributed by atoms with Gasteiger partial charge < -0.3 is 10.4 Å². The summed E-state index contributed by atoms with van der Waals surface area (Å²) >= 11 is 0. The molecule has 2 heteroatoms. The second-order valence-corrected chi connectivity index (χ2v) is 2.57. The van der Waals surface area contributed by atoms with Crippen LogP contribution < -0.4 is 5.32 Å². The molecule has 2 nitrogen and oxygen atoms in total. The van der Waals surface area contributed by atoms with Gasteiger partial charge in [-0.1, -0.05) is 30.3 Å². The van der Waals surface area contributed by atoms with E-state index in [0.29, 0.717) is 5.56 Å². The van der Waals surface area contributed by atoms with Crippen molar-refractivity contribution in [3.8, 4) is 0 Å². The summed E-state index contributed by atoms with van der Waals surface area (Å²) in [6, 6.07) is 7.27. The van der Waals surface area contributed by atoms with Gasteiger partial charge in [-0.25, -0.2) is 0 Å². The van der Waals surface area contributed by atoms with Gasteiger partial charge in [0.2, 0.25) is 1.43 Å². The maximum Gasteiger partial charge on any atom is 0.211 e. The van der Waals surface area contributed by atoms with Gasteiger partial charge in [-0.05, 0) is 19.5 Å². The molecule has 0 bridgehead atoms. The number of aliphatic hydroxyl groups is 1. The van der Waals surface area contributed by atoms with Crippen LogP contribution >= 0.6 is 0 Å². The van der Waals surface area contributed by atoms with Crippen molar-refractivity contribution in [3.63, 3.8) is 0 Å². The van der Waals surface area contributed by atoms with Gasteiger partial charge in [0.05, 0.1) is 7.45 Å². The standard InChI is InChI=1S/C10H15NO/c1-8(11-2)10(12)9-6-4-3-5-7-9/h3-8,10-12H,1-2H3/i8D,10D,12D. The lowest BCUT2D eigenvalue weighted by Gasteiger charge is -2.17. The summed E-state index contributed by atoms with van der Waals surface area (Å²) in [4.78, 5) is 0. The minimum atomic E-state index is -1.75. The van der Waals surface area contributed by atoms with Crippen LogP contribution in [-0.4, -0.2) is 19.6 Å². The zero-order valence-corrected chi connectivity index (χ0v) is 7.29. The van der Waals surface area contributed by atoms with Crippen molar-refractivity contribution < 1.29 is 7.85 Å². The van der Waals surface area contributed by atoms with Crippen LogP contribution in [0.15, 0.2) is 30.3 Å². The number of rotatable bonds is 4. The molecular formula is C10H15NO. The molecule has 66 valence electrons. The van der Waals surface area contributed by atoms with Gasteiger partial charge in [0.1, 0.15) is 0 Å². The monoisotopic (exact) mass is 168 g/mol. The molecule has 0 aliphatic rings. The molecule has 2 N–H and O–H groups in total. The summed E-state index contributed by atoms with van der Waals surface area (Å²) in [7, 11) is 1.57. The highest BCUT2D eigenvalue weighted by Crippen LogP contribution is 2.15. The fraction of sp³-hybridized carbons (Fsp3) is 0.400. The van der Waals surface area contributed by atoms with E-state index in [2.05, 4.69) is 10.4 Å². The largest absolute Gasteiger partial charge is 0.387 e. The zero-order chi connectivity index (χ0) is 11.5. The lowest BCUT2D eigenvalue weighted by atomic mass is 10.0. The molecule has 0 aliphatic heterocycles. The van der Waals surface area contributed by atoms with E-state index in [1.807, 2.05) is 6.07 Å². The normalized spacial score (nSPS) is 24.3. The Labute approximate surface area is 77.5 Å². The van der Waals surface area contributed by atoms with E-state index in [1.165, 1.54) is 6.92 Å². The third-order valence-electron chi connectivity index (χ3n) is 1.75. The predicted octanol–water partition coefficient (Wildman–Crippen LogP) is 1.33. The summed E-state index contributed by atoms with van der Waals surface area (Å²) in [6.07, 6.45) is -1.75. The van der Waals surface area contributed by atoms with Crippen LogP contribution in [0.4, 0.5) is 0 Å². The highest BCUT2D eigenvalue weighted by atomic mass is 16.3. The lowest BCUT2D eigenvalue weighted by Crippen LogP contribution is -2.28. The SMILES string of the molecule is [2H]OC([2H])(c1ccccc1)C([2H])(C)NC. The third-order valence-corrected chi connectivity index (χ3v) is 1.75. The average Bonchev–Trinajstić information content (AvgIpc) is 2.29. The van der Waals surface area contributed by atoms with Crippen LogP contribution in [0.1, 0.15) is 21.3 Å². The number of nitrogens with one attached hydrogen (secondary N) is 1. The maximum absolute atomic E-state index is 8.05. The van der Waals surface area contributed by atoms with Crippen molar-refractivity contribution in [1.82, 2.24) is 5.32 Å². The van der Waals surface area contributed by atoms with Crippen molar-refractivity contribution in [2.24, 2.45) is 0 Å². The topological polar surface area (TPSA) is 32.3 Å². The molecule has 2 unspecified atom stereocenters. The minimum absolute atomic E-state index is 0.479. The molecular weight excluding hydrogens is 150 g/mol. The Kier molecular flexibility index (Phi) is 2.02. The van der Waals surface area contributed by atoms with Gasteiger partial charge in [-0.2, -0.15) is 0 Å². The van der Waals surface area contributed by atoms with Gasteiger partial charge in [-0.3, -0.25) is 0 Å². The fourth-order valence-corrected chi connectivity index (χ4v) is 0.920. The highest BCUT2D eigenvalue weighted by molar-refractivity contribution is 5.18. The Hall–Kier alpha value is -0.860. The molecule has 1 aromatic rings. The molecule has 0 aromatic heterocycles. The van der Waals surface area contributed by atoms with Gasteiger partial charge in [0, 0.05) is 7.39 Å². The summed E-state index contributed by atoms with van der Waals surface area (Å²) in [5.74, 6) is 0. The maximum atomic E-state index is 8.05. The molecule has 0 fully saturated rings. The minimum Gasteiger partial charge on any atom is -0.387 e.